The molecule has 0 aliphatic rings. The van der Waals surface area contributed by atoms with Crippen LogP contribution in [-0.2, 0) is 32.7 Å². The summed E-state index contributed by atoms with van der Waals surface area (Å²) in [5, 5.41) is 0. The van der Waals surface area contributed by atoms with Gasteiger partial charge in [0.05, 0.1) is 13.2 Å². The first kappa shape index (κ1) is 72.5. The second-order valence-electron chi connectivity index (χ2n) is 20.9. The van der Waals surface area contributed by atoms with E-state index in [-0.39, 0.29) is 38.6 Å². The molecule has 0 heterocycles. The lowest BCUT2D eigenvalue weighted by atomic mass is 10.0. The van der Waals surface area contributed by atoms with Gasteiger partial charge in [0.1, 0.15) is 6.61 Å². The molecule has 0 saturated carbocycles. The Morgan fingerprint density at radius 3 is 1.09 bits per heavy atom. The molecule has 2 unspecified atom stereocenters. The van der Waals surface area contributed by atoms with Crippen LogP contribution in [-0.4, -0.2) is 49.3 Å². The largest absolute Gasteiger partial charge is 0.472 e. The molecule has 75 heavy (non-hydrogen) atoms. The van der Waals surface area contributed by atoms with Gasteiger partial charge in [0.2, 0.25) is 0 Å². The number of unbranched alkanes of at least 4 members (excludes halogenated alkanes) is 34. The van der Waals surface area contributed by atoms with E-state index in [1.165, 1.54) is 186 Å². The minimum absolute atomic E-state index is 0.0543. The highest BCUT2D eigenvalue weighted by molar-refractivity contribution is 7.47. The molecule has 0 spiro atoms. The Bertz CT molecular complexity index is 1460. The monoisotopic (exact) mass is 1070 g/mol. The molecule has 3 N–H and O–H groups in total. The lowest BCUT2D eigenvalue weighted by Gasteiger charge is -2.19. The Morgan fingerprint density at radius 1 is 0.413 bits per heavy atom. The second-order valence-corrected chi connectivity index (χ2v) is 22.4. The molecule has 0 aromatic carbocycles. The Labute approximate surface area is 462 Å². The zero-order valence-corrected chi connectivity index (χ0v) is 49.7. The van der Waals surface area contributed by atoms with Gasteiger partial charge in [0.15, 0.2) is 6.10 Å². The number of carbonyl (C=O) groups excluding carboxylic acids is 2. The molecule has 0 aromatic rings. The Kier molecular flexibility index (Phi) is 58.6. The van der Waals surface area contributed by atoms with Gasteiger partial charge in [-0.05, 0) is 64.2 Å². The first-order chi connectivity index (χ1) is 36.8. The van der Waals surface area contributed by atoms with Crippen LogP contribution in [0.3, 0.4) is 0 Å². The van der Waals surface area contributed by atoms with Crippen molar-refractivity contribution in [2.24, 2.45) is 5.73 Å². The van der Waals surface area contributed by atoms with Crippen LogP contribution in [0.25, 0.3) is 0 Å². The average Bonchev–Trinajstić information content (AvgIpc) is 3.40. The third-order valence-electron chi connectivity index (χ3n) is 13.6. The van der Waals surface area contributed by atoms with E-state index in [0.717, 1.165) is 77.0 Å². The number of allylic oxidation sites excluding steroid dienone is 12. The van der Waals surface area contributed by atoms with E-state index in [1.807, 2.05) is 0 Å². The minimum Gasteiger partial charge on any atom is -0.462 e. The van der Waals surface area contributed by atoms with Crippen molar-refractivity contribution >= 4 is 19.8 Å². The first-order valence-corrected chi connectivity index (χ1v) is 32.9. The fraction of sp³-hybridized carbons (Fsp3) is 0.785. The lowest BCUT2D eigenvalue weighted by Crippen LogP contribution is -2.29. The molecule has 0 aliphatic carbocycles. The molecule has 9 nitrogen and oxygen atoms in total. The van der Waals surface area contributed by atoms with Crippen LogP contribution in [0.15, 0.2) is 72.9 Å². The highest BCUT2D eigenvalue weighted by atomic mass is 31.2. The number of hydrogen-bond acceptors (Lipinski definition) is 8. The van der Waals surface area contributed by atoms with Gasteiger partial charge >= 0.3 is 19.8 Å². The number of nitrogens with two attached hydrogens (primary N) is 1. The fourth-order valence-electron chi connectivity index (χ4n) is 9.00. The number of esters is 2. The molecular weight excluding hydrogens is 954 g/mol. The molecule has 0 rings (SSSR count). The predicted octanol–water partition coefficient (Wildman–Crippen LogP) is 20.1. The Balaban J connectivity index is 3.84. The standard InChI is InChI=1S/C65H118NO8P/c1-3-5-7-9-11-13-15-17-19-21-22-23-24-25-26-27-28-29-30-31-32-33-34-35-36-37-38-39-40-42-44-46-48-50-52-54-56-58-65(68)74-63(62-73-75(69,70)72-60-59-66)61-71-64(67)57-55-53-51-49-47-45-43-41-20-18-16-14-12-10-8-6-4-2/h5,7,11,13,17,19,22-23,25-26,28-29,63H,3-4,6,8-10,12,14-16,18,20-21,24,27,30-62,66H2,1-2H3,(H,69,70)/b7-5-,13-11-,19-17-,23-22-,26-25-,29-28-. The van der Waals surface area contributed by atoms with Crippen molar-refractivity contribution in [2.45, 2.75) is 302 Å². The van der Waals surface area contributed by atoms with E-state index in [1.54, 1.807) is 0 Å². The van der Waals surface area contributed by atoms with E-state index in [4.69, 9.17) is 24.3 Å². The maximum absolute atomic E-state index is 12.7. The van der Waals surface area contributed by atoms with Crippen LogP contribution in [0.4, 0.5) is 0 Å². The summed E-state index contributed by atoms with van der Waals surface area (Å²) in [4.78, 5) is 35.2. The Hall–Kier alpha value is -2.55. The zero-order chi connectivity index (χ0) is 54.5. The van der Waals surface area contributed by atoms with E-state index in [2.05, 4.69) is 86.8 Å². The van der Waals surface area contributed by atoms with Crippen molar-refractivity contribution in [3.8, 4) is 0 Å². The van der Waals surface area contributed by atoms with Crippen LogP contribution in [0.1, 0.15) is 296 Å². The van der Waals surface area contributed by atoms with Crippen molar-refractivity contribution in [1.82, 2.24) is 0 Å². The molecule has 0 saturated heterocycles. The molecule has 0 bridgehead atoms. The molecule has 0 radical (unpaired) electrons. The highest BCUT2D eigenvalue weighted by Gasteiger charge is 2.26. The molecular formula is C65H118NO8P. The van der Waals surface area contributed by atoms with E-state index >= 15 is 0 Å². The summed E-state index contributed by atoms with van der Waals surface area (Å²) < 4.78 is 33.1. The van der Waals surface area contributed by atoms with Gasteiger partial charge in [-0.15, -0.1) is 0 Å². The van der Waals surface area contributed by atoms with Crippen LogP contribution < -0.4 is 5.73 Å². The van der Waals surface area contributed by atoms with Gasteiger partial charge < -0.3 is 20.1 Å². The number of phosphoric acid groups is 1. The summed E-state index contributed by atoms with van der Waals surface area (Å²) in [6, 6.07) is 0. The van der Waals surface area contributed by atoms with Gasteiger partial charge in [0.25, 0.3) is 0 Å². The van der Waals surface area contributed by atoms with Crippen molar-refractivity contribution in [3.05, 3.63) is 72.9 Å². The van der Waals surface area contributed by atoms with Gasteiger partial charge in [-0.3, -0.25) is 18.6 Å². The van der Waals surface area contributed by atoms with Crippen LogP contribution in [0, 0.1) is 0 Å². The summed E-state index contributed by atoms with van der Waals surface area (Å²) >= 11 is 0. The molecule has 436 valence electrons. The van der Waals surface area contributed by atoms with Crippen LogP contribution in [0.2, 0.25) is 0 Å². The highest BCUT2D eigenvalue weighted by Crippen LogP contribution is 2.43. The maximum atomic E-state index is 12.7. The average molecular weight is 1070 g/mol. The van der Waals surface area contributed by atoms with E-state index < -0.39 is 26.5 Å². The first-order valence-electron chi connectivity index (χ1n) is 31.4. The van der Waals surface area contributed by atoms with Crippen LogP contribution >= 0.6 is 7.82 Å². The normalized spacial score (nSPS) is 13.5. The fourth-order valence-corrected chi connectivity index (χ4v) is 9.76. The molecule has 0 fully saturated rings. The molecule has 0 aliphatic heterocycles. The number of ether oxygens (including phenoxy) is 2. The lowest BCUT2D eigenvalue weighted by molar-refractivity contribution is -0.161. The zero-order valence-electron chi connectivity index (χ0n) is 48.8. The molecule has 0 amide bonds. The number of rotatable bonds is 59. The summed E-state index contributed by atoms with van der Waals surface area (Å²) in [6.07, 6.45) is 78.3. The summed E-state index contributed by atoms with van der Waals surface area (Å²) in [7, 11) is -4.39. The van der Waals surface area contributed by atoms with Gasteiger partial charge in [-0.2, -0.15) is 0 Å². The van der Waals surface area contributed by atoms with Crippen molar-refractivity contribution in [2.75, 3.05) is 26.4 Å². The summed E-state index contributed by atoms with van der Waals surface area (Å²) in [5.74, 6) is -0.813. The SMILES string of the molecule is CC/C=C\C/C=C\C/C=C\C/C=C\C/C=C\C/C=C\CCCCCCCCCCCCCCCCCCCCC(=O)OC(COC(=O)CCCCCCCCCCCCCCCCCCC)COP(=O)(O)OCCN. The maximum Gasteiger partial charge on any atom is 0.472 e. The van der Waals surface area contributed by atoms with E-state index in [9.17, 15) is 19.0 Å². The van der Waals surface area contributed by atoms with Gasteiger partial charge in [0, 0.05) is 19.4 Å². The number of carbonyl (C=O) groups is 2. The van der Waals surface area contributed by atoms with Crippen molar-refractivity contribution in [3.63, 3.8) is 0 Å². The summed E-state index contributed by atoms with van der Waals surface area (Å²) in [6.45, 7) is 3.67. The summed E-state index contributed by atoms with van der Waals surface area (Å²) in [5.41, 5.74) is 5.39. The molecule has 0 aromatic heterocycles. The quantitative estimate of drug-likeness (QED) is 0.0264. The van der Waals surface area contributed by atoms with Gasteiger partial charge in [-0.25, -0.2) is 4.57 Å². The second kappa shape index (κ2) is 60.7. The predicted molar refractivity (Wildman–Crippen MR) is 321 cm³/mol. The topological polar surface area (TPSA) is 134 Å². The van der Waals surface area contributed by atoms with Crippen molar-refractivity contribution in [1.29, 1.82) is 0 Å². The third-order valence-corrected chi connectivity index (χ3v) is 14.6. The third kappa shape index (κ3) is 60.5. The number of hydrogen-bond donors (Lipinski definition) is 2. The molecule has 10 heteroatoms. The Morgan fingerprint density at radius 2 is 0.733 bits per heavy atom. The number of phosphoric ester groups is 1. The van der Waals surface area contributed by atoms with Crippen LogP contribution in [0.5, 0.6) is 0 Å². The van der Waals surface area contributed by atoms with Crippen molar-refractivity contribution < 1.29 is 37.6 Å². The minimum atomic E-state index is -4.39. The molecule has 2 atom stereocenters. The smallest absolute Gasteiger partial charge is 0.462 e. The van der Waals surface area contributed by atoms with Gasteiger partial charge in [-0.1, -0.05) is 292 Å². The van der Waals surface area contributed by atoms with E-state index in [0.29, 0.717) is 6.42 Å².